The Labute approximate surface area is 93.5 Å². The molecule has 1 fully saturated rings. The summed E-state index contributed by atoms with van der Waals surface area (Å²) in [4.78, 5) is 2.01. The third-order valence-corrected chi connectivity index (χ3v) is 2.98. The van der Waals surface area contributed by atoms with E-state index >= 15 is 0 Å². The van der Waals surface area contributed by atoms with Crippen molar-refractivity contribution >= 4 is 0 Å². The van der Waals surface area contributed by atoms with Crippen LogP contribution in [-0.4, -0.2) is 35.7 Å². The van der Waals surface area contributed by atoms with Crippen LogP contribution >= 0.6 is 0 Å². The Morgan fingerprint density at radius 1 is 1.31 bits per heavy atom. The number of benzene rings is 1. The van der Waals surface area contributed by atoms with Crippen LogP contribution in [0.3, 0.4) is 0 Å². The van der Waals surface area contributed by atoms with Crippen LogP contribution in [0.1, 0.15) is 12.0 Å². The molecular weight excluding hydrogens is 212 g/mol. The molecule has 1 N–H and O–H groups in total. The van der Waals surface area contributed by atoms with Crippen LogP contribution in [0.2, 0.25) is 0 Å². The lowest BCUT2D eigenvalue weighted by Crippen LogP contribution is -2.34. The second kappa shape index (κ2) is 4.11. The normalized spacial score (nSPS) is 26.2. The minimum absolute atomic E-state index is 0.298. The van der Waals surface area contributed by atoms with Crippen molar-refractivity contribution in [2.45, 2.75) is 18.4 Å². The highest BCUT2D eigenvalue weighted by atomic mass is 19.1. The summed E-state index contributed by atoms with van der Waals surface area (Å²) >= 11 is 0. The van der Waals surface area contributed by atoms with Crippen molar-refractivity contribution in [3.63, 3.8) is 0 Å². The molecule has 0 saturated carbocycles. The number of likely N-dealkylation sites (N-methyl/N-ethyl adjacent to an activating group) is 1. The SMILES string of the molecule is CN1CCC(O)(Cc2cc(F)cc(F)c2)C1. The average molecular weight is 227 g/mol. The van der Waals surface area contributed by atoms with E-state index in [0.717, 1.165) is 12.6 Å². The zero-order chi connectivity index (χ0) is 11.8. The summed E-state index contributed by atoms with van der Waals surface area (Å²) in [5.41, 5.74) is -0.343. The molecule has 0 aliphatic carbocycles. The van der Waals surface area contributed by atoms with Gasteiger partial charge in [-0.2, -0.15) is 0 Å². The molecule has 88 valence electrons. The van der Waals surface area contributed by atoms with Gasteiger partial charge in [0.2, 0.25) is 0 Å². The van der Waals surface area contributed by atoms with Crippen molar-refractivity contribution in [1.29, 1.82) is 0 Å². The highest BCUT2D eigenvalue weighted by Gasteiger charge is 2.34. The summed E-state index contributed by atoms with van der Waals surface area (Å²) in [6, 6.07) is 3.40. The molecule has 1 unspecified atom stereocenters. The van der Waals surface area contributed by atoms with Crippen molar-refractivity contribution in [2.75, 3.05) is 20.1 Å². The monoisotopic (exact) mass is 227 g/mol. The number of hydrogen-bond acceptors (Lipinski definition) is 2. The Hall–Kier alpha value is -1.00. The predicted octanol–water partition coefficient (Wildman–Crippen LogP) is 1.57. The van der Waals surface area contributed by atoms with Gasteiger partial charge >= 0.3 is 0 Å². The summed E-state index contributed by atoms with van der Waals surface area (Å²) < 4.78 is 25.9. The number of hydrogen-bond donors (Lipinski definition) is 1. The van der Waals surface area contributed by atoms with E-state index in [1.807, 2.05) is 11.9 Å². The van der Waals surface area contributed by atoms with Gasteiger partial charge in [0.15, 0.2) is 0 Å². The molecule has 1 atom stereocenters. The largest absolute Gasteiger partial charge is 0.388 e. The van der Waals surface area contributed by atoms with E-state index in [2.05, 4.69) is 0 Å². The maximum atomic E-state index is 13.0. The van der Waals surface area contributed by atoms with Gasteiger partial charge in [0.25, 0.3) is 0 Å². The van der Waals surface area contributed by atoms with Gasteiger partial charge in [-0.15, -0.1) is 0 Å². The van der Waals surface area contributed by atoms with E-state index in [1.54, 1.807) is 0 Å². The van der Waals surface area contributed by atoms with E-state index in [4.69, 9.17) is 0 Å². The molecule has 1 aliphatic heterocycles. The molecule has 16 heavy (non-hydrogen) atoms. The highest BCUT2D eigenvalue weighted by molar-refractivity contribution is 5.20. The number of aliphatic hydroxyl groups is 1. The van der Waals surface area contributed by atoms with E-state index in [-0.39, 0.29) is 0 Å². The molecule has 0 bridgehead atoms. The van der Waals surface area contributed by atoms with Gasteiger partial charge in [0, 0.05) is 25.6 Å². The first-order valence-corrected chi connectivity index (χ1v) is 5.33. The van der Waals surface area contributed by atoms with Crippen molar-refractivity contribution in [3.05, 3.63) is 35.4 Å². The summed E-state index contributed by atoms with van der Waals surface area (Å²) in [5.74, 6) is -1.19. The van der Waals surface area contributed by atoms with E-state index < -0.39 is 17.2 Å². The lowest BCUT2D eigenvalue weighted by Gasteiger charge is -2.22. The van der Waals surface area contributed by atoms with Crippen molar-refractivity contribution < 1.29 is 13.9 Å². The Morgan fingerprint density at radius 2 is 1.94 bits per heavy atom. The lowest BCUT2D eigenvalue weighted by atomic mass is 9.94. The standard InChI is InChI=1S/C12H15F2NO/c1-15-3-2-12(16,8-15)7-9-4-10(13)6-11(14)5-9/h4-6,16H,2-3,7-8H2,1H3. The number of rotatable bonds is 2. The summed E-state index contributed by atoms with van der Waals surface area (Å²) in [5, 5.41) is 10.2. The minimum atomic E-state index is -0.852. The fourth-order valence-electron chi connectivity index (χ4n) is 2.30. The molecular formula is C12H15F2NO. The molecule has 1 saturated heterocycles. The summed E-state index contributed by atoms with van der Waals surface area (Å²) in [6.45, 7) is 1.36. The second-order valence-corrected chi connectivity index (χ2v) is 4.67. The highest BCUT2D eigenvalue weighted by Crippen LogP contribution is 2.25. The molecule has 2 rings (SSSR count). The maximum absolute atomic E-state index is 13.0. The quantitative estimate of drug-likeness (QED) is 0.829. The molecule has 0 aromatic heterocycles. The van der Waals surface area contributed by atoms with Gasteiger partial charge in [0.1, 0.15) is 11.6 Å². The first-order valence-electron chi connectivity index (χ1n) is 5.33. The van der Waals surface area contributed by atoms with Gasteiger partial charge < -0.3 is 10.0 Å². The molecule has 1 aromatic carbocycles. The molecule has 0 spiro atoms. The van der Waals surface area contributed by atoms with Gasteiger partial charge in [-0.05, 0) is 31.2 Å². The first-order chi connectivity index (χ1) is 7.47. The molecule has 0 radical (unpaired) electrons. The zero-order valence-electron chi connectivity index (χ0n) is 9.21. The molecule has 4 heteroatoms. The maximum Gasteiger partial charge on any atom is 0.126 e. The van der Waals surface area contributed by atoms with Gasteiger partial charge in [-0.1, -0.05) is 0 Å². The average Bonchev–Trinajstić information content (AvgIpc) is 2.43. The summed E-state index contributed by atoms with van der Waals surface area (Å²) in [6.07, 6.45) is 0.938. The molecule has 1 heterocycles. The smallest absolute Gasteiger partial charge is 0.126 e. The third-order valence-electron chi connectivity index (χ3n) is 2.98. The summed E-state index contributed by atoms with van der Waals surface area (Å²) in [7, 11) is 1.92. The van der Waals surface area contributed by atoms with Crippen LogP contribution in [0.15, 0.2) is 18.2 Å². The minimum Gasteiger partial charge on any atom is -0.388 e. The van der Waals surface area contributed by atoms with Crippen LogP contribution < -0.4 is 0 Å². The van der Waals surface area contributed by atoms with Crippen molar-refractivity contribution in [1.82, 2.24) is 4.90 Å². The van der Waals surface area contributed by atoms with E-state index in [0.29, 0.717) is 24.9 Å². The van der Waals surface area contributed by atoms with Crippen LogP contribution in [0.5, 0.6) is 0 Å². The number of halogens is 2. The number of likely N-dealkylation sites (tertiary alicyclic amines) is 1. The van der Waals surface area contributed by atoms with Crippen LogP contribution in [0, 0.1) is 11.6 Å². The zero-order valence-corrected chi connectivity index (χ0v) is 9.21. The van der Waals surface area contributed by atoms with Crippen LogP contribution in [-0.2, 0) is 6.42 Å². The van der Waals surface area contributed by atoms with Gasteiger partial charge in [-0.25, -0.2) is 8.78 Å². The fraction of sp³-hybridized carbons (Fsp3) is 0.500. The number of β-amino-alcohol motifs (C(OH)–C–C–N with tert-alkyl or cyclic N) is 1. The Balaban J connectivity index is 2.14. The van der Waals surface area contributed by atoms with Crippen LogP contribution in [0.25, 0.3) is 0 Å². The number of nitrogens with zero attached hydrogens (tertiary/aromatic N) is 1. The Morgan fingerprint density at radius 3 is 2.44 bits per heavy atom. The Kier molecular flexibility index (Phi) is 2.95. The molecule has 1 aliphatic rings. The third kappa shape index (κ3) is 2.57. The topological polar surface area (TPSA) is 23.5 Å². The molecule has 2 nitrogen and oxygen atoms in total. The Bertz CT molecular complexity index is 376. The molecule has 0 amide bonds. The lowest BCUT2D eigenvalue weighted by molar-refractivity contribution is 0.0522. The van der Waals surface area contributed by atoms with Crippen molar-refractivity contribution in [2.24, 2.45) is 0 Å². The molecule has 1 aromatic rings. The van der Waals surface area contributed by atoms with Gasteiger partial charge in [-0.3, -0.25) is 0 Å². The predicted molar refractivity (Wildman–Crippen MR) is 57.1 cm³/mol. The fourth-order valence-corrected chi connectivity index (χ4v) is 2.30. The van der Waals surface area contributed by atoms with Crippen LogP contribution in [0.4, 0.5) is 8.78 Å². The van der Waals surface area contributed by atoms with E-state index in [1.165, 1.54) is 12.1 Å². The first kappa shape index (κ1) is 11.5. The van der Waals surface area contributed by atoms with Gasteiger partial charge in [0.05, 0.1) is 5.60 Å². The second-order valence-electron chi connectivity index (χ2n) is 4.67. The van der Waals surface area contributed by atoms with Crippen molar-refractivity contribution in [3.8, 4) is 0 Å². The van der Waals surface area contributed by atoms with E-state index in [9.17, 15) is 13.9 Å².